The molecule has 1 aliphatic rings. The van der Waals surface area contributed by atoms with Crippen molar-refractivity contribution in [2.24, 2.45) is 0 Å². The van der Waals surface area contributed by atoms with Gasteiger partial charge in [0.05, 0.1) is 5.69 Å². The molecule has 0 saturated carbocycles. The summed E-state index contributed by atoms with van der Waals surface area (Å²) in [4.78, 5) is 32.0. The first-order valence-electron chi connectivity index (χ1n) is 9.98. The first-order valence-corrected chi connectivity index (χ1v) is 9.98. The van der Waals surface area contributed by atoms with Crippen LogP contribution in [-0.4, -0.2) is 64.0 Å². The molecule has 1 fully saturated rings. The highest BCUT2D eigenvalue weighted by Gasteiger charge is 2.21. The van der Waals surface area contributed by atoms with Crippen LogP contribution >= 0.6 is 0 Å². The van der Waals surface area contributed by atoms with E-state index in [0.717, 1.165) is 49.8 Å². The molecule has 3 aromatic heterocycles. The number of amides is 1. The number of H-pyrrole nitrogens is 1. The Morgan fingerprint density at radius 3 is 2.74 bits per heavy atom. The van der Waals surface area contributed by atoms with Gasteiger partial charge in [0.1, 0.15) is 17.6 Å². The first kappa shape index (κ1) is 20.3. The van der Waals surface area contributed by atoms with Gasteiger partial charge in [-0.1, -0.05) is 0 Å². The first-order chi connectivity index (χ1) is 15.2. The lowest BCUT2D eigenvalue weighted by Gasteiger charge is -2.36. The number of aromatic amines is 1. The van der Waals surface area contributed by atoms with Crippen molar-refractivity contribution in [3.8, 4) is 6.07 Å². The van der Waals surface area contributed by atoms with Crippen molar-refractivity contribution in [3.05, 3.63) is 59.8 Å². The topological polar surface area (TPSA) is 126 Å². The molecule has 1 aliphatic heterocycles. The summed E-state index contributed by atoms with van der Waals surface area (Å²) in [7, 11) is 1.54. The van der Waals surface area contributed by atoms with Crippen molar-refractivity contribution in [1.29, 1.82) is 5.26 Å². The molecular weight excluding hydrogens is 394 g/mol. The normalized spacial score (nSPS) is 14.1. The summed E-state index contributed by atoms with van der Waals surface area (Å²) in [5.74, 6) is 1.10. The lowest BCUT2D eigenvalue weighted by atomic mass is 10.2. The number of nitriles is 1. The molecule has 0 bridgehead atoms. The van der Waals surface area contributed by atoms with Gasteiger partial charge in [0.2, 0.25) is 5.95 Å². The fourth-order valence-electron chi connectivity index (χ4n) is 3.54. The zero-order valence-corrected chi connectivity index (χ0v) is 17.2. The van der Waals surface area contributed by atoms with Crippen LogP contribution in [0.25, 0.3) is 0 Å². The SMILES string of the molecule is CNC(=O)c1ccc(N2CCN(Cc3ccnc(Nc4ncc[nH]4)c3)CC2)c(C#N)n1. The lowest BCUT2D eigenvalue weighted by Crippen LogP contribution is -2.46. The third kappa shape index (κ3) is 4.79. The average molecular weight is 417 g/mol. The highest BCUT2D eigenvalue weighted by molar-refractivity contribution is 5.92. The van der Waals surface area contributed by atoms with Crippen molar-refractivity contribution in [2.45, 2.75) is 6.54 Å². The van der Waals surface area contributed by atoms with E-state index in [-0.39, 0.29) is 17.3 Å². The molecule has 0 atom stereocenters. The zero-order valence-electron chi connectivity index (χ0n) is 17.2. The van der Waals surface area contributed by atoms with Crippen molar-refractivity contribution in [1.82, 2.24) is 30.2 Å². The van der Waals surface area contributed by atoms with Gasteiger partial charge in [0.25, 0.3) is 5.91 Å². The monoisotopic (exact) mass is 417 g/mol. The van der Waals surface area contributed by atoms with Gasteiger partial charge in [-0.2, -0.15) is 5.26 Å². The van der Waals surface area contributed by atoms with E-state index in [1.165, 1.54) is 0 Å². The number of imidazole rings is 1. The Kier molecular flexibility index (Phi) is 6.05. The summed E-state index contributed by atoms with van der Waals surface area (Å²) in [6.07, 6.45) is 5.23. The van der Waals surface area contributed by atoms with Gasteiger partial charge < -0.3 is 20.5 Å². The molecule has 0 radical (unpaired) electrons. The molecule has 0 aromatic carbocycles. The summed E-state index contributed by atoms with van der Waals surface area (Å²) >= 11 is 0. The predicted molar refractivity (Wildman–Crippen MR) is 116 cm³/mol. The summed E-state index contributed by atoms with van der Waals surface area (Å²) < 4.78 is 0. The van der Waals surface area contributed by atoms with Crippen LogP contribution in [0, 0.1) is 11.3 Å². The van der Waals surface area contributed by atoms with E-state index in [9.17, 15) is 10.1 Å². The van der Waals surface area contributed by atoms with Crippen LogP contribution < -0.4 is 15.5 Å². The fraction of sp³-hybridized carbons (Fsp3) is 0.286. The number of nitrogens with zero attached hydrogens (tertiary/aromatic N) is 6. The molecule has 4 rings (SSSR count). The number of pyridine rings is 2. The van der Waals surface area contributed by atoms with Gasteiger partial charge in [-0.3, -0.25) is 9.69 Å². The molecule has 1 saturated heterocycles. The smallest absolute Gasteiger partial charge is 0.269 e. The number of rotatable bonds is 6. The van der Waals surface area contributed by atoms with E-state index >= 15 is 0 Å². The van der Waals surface area contributed by atoms with Crippen LogP contribution in [0.4, 0.5) is 17.5 Å². The van der Waals surface area contributed by atoms with E-state index in [0.29, 0.717) is 5.95 Å². The maximum Gasteiger partial charge on any atom is 0.269 e. The third-order valence-electron chi connectivity index (χ3n) is 5.13. The Balaban J connectivity index is 1.37. The molecule has 0 unspecified atom stereocenters. The van der Waals surface area contributed by atoms with Crippen molar-refractivity contribution >= 4 is 23.4 Å². The van der Waals surface area contributed by atoms with Crippen molar-refractivity contribution < 1.29 is 4.79 Å². The Hall–Kier alpha value is -3.97. The highest BCUT2D eigenvalue weighted by Crippen LogP contribution is 2.22. The molecule has 0 aliphatic carbocycles. The quantitative estimate of drug-likeness (QED) is 0.551. The third-order valence-corrected chi connectivity index (χ3v) is 5.13. The molecule has 10 nitrogen and oxygen atoms in total. The Morgan fingerprint density at radius 1 is 1.19 bits per heavy atom. The Bertz CT molecular complexity index is 1080. The van der Waals surface area contributed by atoms with Gasteiger partial charge >= 0.3 is 0 Å². The maximum atomic E-state index is 11.8. The van der Waals surface area contributed by atoms with Crippen LogP contribution in [0.15, 0.2) is 42.9 Å². The van der Waals surface area contributed by atoms with Crippen LogP contribution in [-0.2, 0) is 6.54 Å². The predicted octanol–water partition coefficient (Wildman–Crippen LogP) is 1.50. The lowest BCUT2D eigenvalue weighted by molar-refractivity contribution is 0.0958. The van der Waals surface area contributed by atoms with Crippen LogP contribution in [0.2, 0.25) is 0 Å². The molecule has 158 valence electrons. The van der Waals surface area contributed by atoms with Crippen LogP contribution in [0.5, 0.6) is 0 Å². The molecule has 3 aromatic rings. The second-order valence-electron chi connectivity index (χ2n) is 7.13. The van der Waals surface area contributed by atoms with Gasteiger partial charge in [-0.25, -0.2) is 15.0 Å². The number of anilines is 3. The van der Waals surface area contributed by atoms with E-state index in [1.807, 2.05) is 12.1 Å². The van der Waals surface area contributed by atoms with Gasteiger partial charge in [0.15, 0.2) is 5.69 Å². The minimum Gasteiger partial charge on any atom is -0.367 e. The van der Waals surface area contributed by atoms with Crippen molar-refractivity contribution in [3.63, 3.8) is 0 Å². The minimum atomic E-state index is -0.300. The zero-order chi connectivity index (χ0) is 21.6. The van der Waals surface area contributed by atoms with Crippen molar-refractivity contribution in [2.75, 3.05) is 43.4 Å². The van der Waals surface area contributed by atoms with Gasteiger partial charge in [-0.15, -0.1) is 0 Å². The van der Waals surface area contributed by atoms with E-state index < -0.39 is 0 Å². The molecule has 4 heterocycles. The Labute approximate surface area is 180 Å². The number of piperazine rings is 1. The Morgan fingerprint density at radius 2 is 2.03 bits per heavy atom. The number of hydrogen-bond donors (Lipinski definition) is 3. The second kappa shape index (κ2) is 9.23. The summed E-state index contributed by atoms with van der Waals surface area (Å²) in [5, 5.41) is 15.2. The van der Waals surface area contributed by atoms with E-state index in [4.69, 9.17) is 0 Å². The average Bonchev–Trinajstić information content (AvgIpc) is 3.32. The molecule has 3 N–H and O–H groups in total. The molecule has 1 amide bonds. The number of carbonyl (C=O) groups is 1. The number of hydrogen-bond acceptors (Lipinski definition) is 8. The van der Waals surface area contributed by atoms with Crippen LogP contribution in [0.3, 0.4) is 0 Å². The summed E-state index contributed by atoms with van der Waals surface area (Å²) in [6.45, 7) is 4.06. The van der Waals surface area contributed by atoms with E-state index in [2.05, 4.69) is 46.4 Å². The molecule has 10 heteroatoms. The fourth-order valence-corrected chi connectivity index (χ4v) is 3.54. The largest absolute Gasteiger partial charge is 0.367 e. The maximum absolute atomic E-state index is 11.8. The van der Waals surface area contributed by atoms with Gasteiger partial charge in [0, 0.05) is 58.4 Å². The van der Waals surface area contributed by atoms with E-state index in [1.54, 1.807) is 37.8 Å². The van der Waals surface area contributed by atoms with Gasteiger partial charge in [-0.05, 0) is 29.8 Å². The molecule has 31 heavy (non-hydrogen) atoms. The summed E-state index contributed by atoms with van der Waals surface area (Å²) in [6, 6.07) is 9.61. The molecule has 0 spiro atoms. The summed E-state index contributed by atoms with van der Waals surface area (Å²) in [5.41, 5.74) is 2.45. The van der Waals surface area contributed by atoms with Crippen LogP contribution in [0.1, 0.15) is 21.7 Å². The number of nitrogens with one attached hydrogen (secondary N) is 3. The number of aromatic nitrogens is 4. The minimum absolute atomic E-state index is 0.248. The number of carbonyl (C=O) groups excluding carboxylic acids is 1. The molecular formula is C21H23N9O. The highest BCUT2D eigenvalue weighted by atomic mass is 16.1. The standard InChI is InChI=1S/C21H23N9O/c1-23-20(31)16-2-3-18(17(13-22)27-16)30-10-8-29(9-11-30)14-15-4-5-24-19(12-15)28-21-25-6-7-26-21/h2-7,12H,8-11,14H2,1H3,(H,23,31)(H2,24,25,26,28). The second-order valence-corrected chi connectivity index (χ2v) is 7.13.